The van der Waals surface area contributed by atoms with Gasteiger partial charge in [-0.3, -0.25) is 0 Å². The Labute approximate surface area is 116 Å². The predicted molar refractivity (Wildman–Crippen MR) is 71.7 cm³/mol. The van der Waals surface area contributed by atoms with Gasteiger partial charge in [0, 0.05) is 6.54 Å². The SMILES string of the molecule is COC(=O)c1ccc(CN[C@@H](C)c2ccco2)cc1F. The van der Waals surface area contributed by atoms with Gasteiger partial charge in [-0.25, -0.2) is 9.18 Å². The Hall–Kier alpha value is -2.14. The van der Waals surface area contributed by atoms with Gasteiger partial charge in [0.1, 0.15) is 11.6 Å². The second-order valence-corrected chi connectivity index (χ2v) is 4.42. The van der Waals surface area contributed by atoms with Crippen molar-refractivity contribution in [1.82, 2.24) is 5.32 Å². The number of furan rings is 1. The number of hydrogen-bond acceptors (Lipinski definition) is 4. The van der Waals surface area contributed by atoms with Crippen LogP contribution in [0, 0.1) is 5.82 Å². The number of nitrogens with one attached hydrogen (secondary N) is 1. The van der Waals surface area contributed by atoms with Gasteiger partial charge in [0.05, 0.1) is 25.0 Å². The van der Waals surface area contributed by atoms with Gasteiger partial charge in [-0.15, -0.1) is 0 Å². The molecule has 1 aromatic heterocycles. The number of hydrogen-bond donors (Lipinski definition) is 1. The van der Waals surface area contributed by atoms with E-state index in [2.05, 4.69) is 10.1 Å². The molecule has 0 amide bonds. The maximum atomic E-state index is 13.7. The molecule has 0 spiro atoms. The quantitative estimate of drug-likeness (QED) is 0.853. The van der Waals surface area contributed by atoms with Crippen LogP contribution in [0.4, 0.5) is 4.39 Å². The predicted octanol–water partition coefficient (Wildman–Crippen LogP) is 3.06. The van der Waals surface area contributed by atoms with E-state index in [4.69, 9.17) is 4.42 Å². The van der Waals surface area contributed by atoms with Crippen LogP contribution in [0.2, 0.25) is 0 Å². The van der Waals surface area contributed by atoms with Crippen molar-refractivity contribution >= 4 is 5.97 Å². The molecule has 0 saturated heterocycles. The molecule has 0 fully saturated rings. The van der Waals surface area contributed by atoms with E-state index >= 15 is 0 Å². The molecule has 4 nitrogen and oxygen atoms in total. The van der Waals surface area contributed by atoms with Gasteiger partial charge < -0.3 is 14.5 Å². The topological polar surface area (TPSA) is 51.5 Å². The fraction of sp³-hybridized carbons (Fsp3) is 0.267. The maximum Gasteiger partial charge on any atom is 0.340 e. The summed E-state index contributed by atoms with van der Waals surface area (Å²) >= 11 is 0. The minimum Gasteiger partial charge on any atom is -0.468 e. The van der Waals surface area contributed by atoms with E-state index in [1.54, 1.807) is 12.3 Å². The van der Waals surface area contributed by atoms with E-state index in [9.17, 15) is 9.18 Å². The second-order valence-electron chi connectivity index (χ2n) is 4.42. The van der Waals surface area contributed by atoms with Gasteiger partial charge >= 0.3 is 5.97 Å². The lowest BCUT2D eigenvalue weighted by molar-refractivity contribution is 0.0595. The first-order valence-electron chi connectivity index (χ1n) is 6.25. The summed E-state index contributed by atoms with van der Waals surface area (Å²) in [6.07, 6.45) is 1.61. The highest BCUT2D eigenvalue weighted by Crippen LogP contribution is 2.15. The first-order chi connectivity index (χ1) is 9.61. The Kier molecular flexibility index (Phi) is 4.53. The molecule has 5 heteroatoms. The lowest BCUT2D eigenvalue weighted by atomic mass is 10.1. The third-order valence-corrected chi connectivity index (χ3v) is 3.02. The first kappa shape index (κ1) is 14.3. The van der Waals surface area contributed by atoms with E-state index in [1.165, 1.54) is 19.2 Å². The van der Waals surface area contributed by atoms with E-state index in [0.717, 1.165) is 11.3 Å². The largest absolute Gasteiger partial charge is 0.468 e. The van der Waals surface area contributed by atoms with Gasteiger partial charge in [0.25, 0.3) is 0 Å². The average Bonchev–Trinajstić information content (AvgIpc) is 2.98. The molecule has 20 heavy (non-hydrogen) atoms. The van der Waals surface area contributed by atoms with Crippen molar-refractivity contribution in [1.29, 1.82) is 0 Å². The van der Waals surface area contributed by atoms with Crippen molar-refractivity contribution in [3.8, 4) is 0 Å². The Morgan fingerprint density at radius 3 is 2.85 bits per heavy atom. The van der Waals surface area contributed by atoms with Crippen molar-refractivity contribution in [3.05, 3.63) is 59.3 Å². The Morgan fingerprint density at radius 2 is 2.25 bits per heavy atom. The van der Waals surface area contributed by atoms with E-state index < -0.39 is 11.8 Å². The van der Waals surface area contributed by atoms with Crippen LogP contribution in [0.1, 0.15) is 34.6 Å². The zero-order valence-electron chi connectivity index (χ0n) is 11.4. The van der Waals surface area contributed by atoms with Crippen LogP contribution in [0.5, 0.6) is 0 Å². The number of rotatable bonds is 5. The van der Waals surface area contributed by atoms with Gasteiger partial charge in [-0.05, 0) is 36.8 Å². The minimum absolute atomic E-state index is 0.0216. The number of carbonyl (C=O) groups is 1. The standard InChI is InChI=1S/C15H16FNO3/c1-10(14-4-3-7-20-14)17-9-11-5-6-12(13(16)8-11)15(18)19-2/h3-8,10,17H,9H2,1-2H3/t10-/m0/s1. The molecule has 1 atom stereocenters. The zero-order valence-corrected chi connectivity index (χ0v) is 11.4. The van der Waals surface area contributed by atoms with Gasteiger partial charge in [0.15, 0.2) is 0 Å². The molecule has 0 radical (unpaired) electrons. The third kappa shape index (κ3) is 3.24. The van der Waals surface area contributed by atoms with Crippen LogP contribution in [0.3, 0.4) is 0 Å². The molecule has 1 N–H and O–H groups in total. The Morgan fingerprint density at radius 1 is 1.45 bits per heavy atom. The average molecular weight is 277 g/mol. The normalized spacial score (nSPS) is 12.2. The zero-order chi connectivity index (χ0) is 14.5. The molecule has 106 valence electrons. The summed E-state index contributed by atoms with van der Waals surface area (Å²) in [6, 6.07) is 8.16. The van der Waals surface area contributed by atoms with E-state index in [-0.39, 0.29) is 11.6 Å². The van der Waals surface area contributed by atoms with Crippen LogP contribution in [-0.4, -0.2) is 13.1 Å². The fourth-order valence-corrected chi connectivity index (χ4v) is 1.85. The first-order valence-corrected chi connectivity index (χ1v) is 6.25. The molecule has 0 unspecified atom stereocenters. The summed E-state index contributed by atoms with van der Waals surface area (Å²) < 4.78 is 23.5. The highest BCUT2D eigenvalue weighted by Gasteiger charge is 2.13. The van der Waals surface area contributed by atoms with Crippen LogP contribution in [-0.2, 0) is 11.3 Å². The van der Waals surface area contributed by atoms with Crippen molar-refractivity contribution in [2.45, 2.75) is 19.5 Å². The summed E-state index contributed by atoms with van der Waals surface area (Å²) in [6.45, 7) is 2.43. The monoisotopic (exact) mass is 277 g/mol. The van der Waals surface area contributed by atoms with Crippen LogP contribution in [0.15, 0.2) is 41.0 Å². The summed E-state index contributed by atoms with van der Waals surface area (Å²) in [5.74, 6) is -0.440. The number of ether oxygens (including phenoxy) is 1. The van der Waals surface area contributed by atoms with Crippen LogP contribution >= 0.6 is 0 Å². The molecule has 1 aromatic carbocycles. The Bertz CT molecular complexity index is 581. The minimum atomic E-state index is -0.675. The lowest BCUT2D eigenvalue weighted by Gasteiger charge is -2.11. The second kappa shape index (κ2) is 6.34. The van der Waals surface area contributed by atoms with Gasteiger partial charge in [0.2, 0.25) is 0 Å². The van der Waals surface area contributed by atoms with Gasteiger partial charge in [-0.2, -0.15) is 0 Å². The Balaban J connectivity index is 2.00. The molecular formula is C15H16FNO3. The molecule has 0 aliphatic heterocycles. The van der Waals surface area contributed by atoms with Crippen molar-refractivity contribution in [2.24, 2.45) is 0 Å². The maximum absolute atomic E-state index is 13.7. The molecule has 2 rings (SSSR count). The van der Waals surface area contributed by atoms with Crippen molar-refractivity contribution in [3.63, 3.8) is 0 Å². The fourth-order valence-electron chi connectivity index (χ4n) is 1.85. The molecule has 0 aliphatic carbocycles. The highest BCUT2D eigenvalue weighted by molar-refractivity contribution is 5.89. The summed E-state index contributed by atoms with van der Waals surface area (Å²) in [5.41, 5.74) is 0.684. The lowest BCUT2D eigenvalue weighted by Crippen LogP contribution is -2.18. The number of methoxy groups -OCH3 is 1. The van der Waals surface area contributed by atoms with Gasteiger partial charge in [-0.1, -0.05) is 6.07 Å². The molecule has 1 heterocycles. The number of benzene rings is 1. The number of carbonyl (C=O) groups excluding carboxylic acids is 1. The molecule has 0 saturated carbocycles. The van der Waals surface area contributed by atoms with Crippen LogP contribution < -0.4 is 5.32 Å². The van der Waals surface area contributed by atoms with Crippen molar-refractivity contribution < 1.29 is 18.3 Å². The van der Waals surface area contributed by atoms with E-state index in [0.29, 0.717) is 6.54 Å². The number of esters is 1. The smallest absolute Gasteiger partial charge is 0.340 e. The van der Waals surface area contributed by atoms with Crippen molar-refractivity contribution in [2.75, 3.05) is 7.11 Å². The van der Waals surface area contributed by atoms with E-state index in [1.807, 2.05) is 19.1 Å². The van der Waals surface area contributed by atoms with Crippen LogP contribution in [0.25, 0.3) is 0 Å². The summed E-state index contributed by atoms with van der Waals surface area (Å²) in [5, 5.41) is 3.21. The summed E-state index contributed by atoms with van der Waals surface area (Å²) in [7, 11) is 1.22. The third-order valence-electron chi connectivity index (χ3n) is 3.02. The molecule has 0 aliphatic rings. The molecule has 0 bridgehead atoms. The number of halogens is 1. The summed E-state index contributed by atoms with van der Waals surface area (Å²) in [4.78, 5) is 11.3. The molecular weight excluding hydrogens is 261 g/mol. The highest BCUT2D eigenvalue weighted by atomic mass is 19.1. The molecule has 2 aromatic rings.